The average Bonchev–Trinajstić information content (AvgIpc) is 3.14. The summed E-state index contributed by atoms with van der Waals surface area (Å²) in [4.78, 5) is 21.7. The first-order valence-corrected chi connectivity index (χ1v) is 10.9. The van der Waals surface area contributed by atoms with Gasteiger partial charge in [-0.2, -0.15) is 0 Å². The number of piperazine rings is 1. The molecule has 5 rings (SSSR count). The molecule has 1 amide bonds. The molecule has 156 valence electrons. The van der Waals surface area contributed by atoms with E-state index in [2.05, 4.69) is 9.88 Å². The van der Waals surface area contributed by atoms with Gasteiger partial charge in [-0.05, 0) is 48.6 Å². The van der Waals surface area contributed by atoms with Crippen LogP contribution in [0.2, 0.25) is 10.2 Å². The maximum atomic E-state index is 13.5. The summed E-state index contributed by atoms with van der Waals surface area (Å²) in [6.07, 6.45) is 5.34. The molecule has 3 aromatic rings. The summed E-state index contributed by atoms with van der Waals surface area (Å²) < 4.78 is 15.2. The molecule has 0 aliphatic carbocycles. The maximum Gasteiger partial charge on any atom is 0.255 e. The van der Waals surface area contributed by atoms with Gasteiger partial charge in [0.05, 0.1) is 16.8 Å². The zero-order valence-electron chi connectivity index (χ0n) is 16.3. The Morgan fingerprint density at radius 1 is 1.10 bits per heavy atom. The zero-order chi connectivity index (χ0) is 20.8. The van der Waals surface area contributed by atoms with Gasteiger partial charge in [-0.3, -0.25) is 14.1 Å². The van der Waals surface area contributed by atoms with Gasteiger partial charge in [0, 0.05) is 38.4 Å². The molecule has 0 bridgehead atoms. The van der Waals surface area contributed by atoms with E-state index < -0.39 is 0 Å². The first kappa shape index (κ1) is 19.8. The van der Waals surface area contributed by atoms with Gasteiger partial charge in [-0.15, -0.1) is 0 Å². The van der Waals surface area contributed by atoms with Crippen LogP contribution in [-0.2, 0) is 0 Å². The largest absolute Gasteiger partial charge is 0.336 e. The fraction of sp³-hybridized carbons (Fsp3) is 0.364. The lowest BCUT2D eigenvalue weighted by atomic mass is 9.86. The average molecular weight is 447 g/mol. The van der Waals surface area contributed by atoms with E-state index in [0.717, 1.165) is 37.1 Å². The van der Waals surface area contributed by atoms with E-state index in [4.69, 9.17) is 23.2 Å². The summed E-state index contributed by atoms with van der Waals surface area (Å²) >= 11 is 12.1. The van der Waals surface area contributed by atoms with Gasteiger partial charge in [-0.1, -0.05) is 29.3 Å². The molecule has 2 atom stereocenters. The van der Waals surface area contributed by atoms with Crippen molar-refractivity contribution in [1.82, 2.24) is 19.2 Å². The van der Waals surface area contributed by atoms with Gasteiger partial charge in [0.15, 0.2) is 0 Å². The molecular formula is C22H21Cl2FN4O. The number of rotatable bonds is 2. The molecule has 1 aromatic carbocycles. The molecule has 2 aliphatic rings. The van der Waals surface area contributed by atoms with E-state index in [9.17, 15) is 9.18 Å². The van der Waals surface area contributed by atoms with Gasteiger partial charge >= 0.3 is 0 Å². The number of carbonyl (C=O) groups is 1. The quantitative estimate of drug-likeness (QED) is 0.582. The third kappa shape index (κ3) is 3.57. The minimum atomic E-state index is -0.378. The second kappa shape index (κ2) is 7.84. The molecule has 2 aliphatic heterocycles. The SMILES string of the molecule is O=C(c1ccc2ncc(Cl)n2c1)N1CCN2C[C@@H](c3ccc(F)c(Cl)c3)CC[C@@H]2C1. The highest BCUT2D eigenvalue weighted by Gasteiger charge is 2.35. The Morgan fingerprint density at radius 2 is 1.97 bits per heavy atom. The normalized spacial score (nSPS) is 22.3. The van der Waals surface area contributed by atoms with Crippen LogP contribution in [-0.4, -0.2) is 57.3 Å². The molecule has 0 radical (unpaired) electrons. The summed E-state index contributed by atoms with van der Waals surface area (Å²) in [6, 6.07) is 9.00. The summed E-state index contributed by atoms with van der Waals surface area (Å²) in [5, 5.41) is 0.670. The van der Waals surface area contributed by atoms with Crippen molar-refractivity contribution < 1.29 is 9.18 Å². The van der Waals surface area contributed by atoms with Crippen LogP contribution in [0.3, 0.4) is 0 Å². The second-order valence-corrected chi connectivity index (χ2v) is 8.87. The van der Waals surface area contributed by atoms with E-state index in [1.165, 1.54) is 6.07 Å². The first-order chi connectivity index (χ1) is 14.5. The number of amides is 1. The number of halogens is 3. The number of aromatic nitrogens is 2. The Bertz CT molecular complexity index is 1120. The van der Waals surface area contributed by atoms with Crippen LogP contribution in [0.4, 0.5) is 4.39 Å². The van der Waals surface area contributed by atoms with Gasteiger partial charge in [0.25, 0.3) is 5.91 Å². The van der Waals surface area contributed by atoms with E-state index in [1.54, 1.807) is 22.9 Å². The minimum absolute atomic E-state index is 0.0220. The lowest BCUT2D eigenvalue weighted by Crippen LogP contribution is -2.57. The van der Waals surface area contributed by atoms with Gasteiger partial charge in [0.1, 0.15) is 16.6 Å². The molecule has 5 nitrogen and oxygen atoms in total. The van der Waals surface area contributed by atoms with Crippen molar-refractivity contribution in [3.8, 4) is 0 Å². The summed E-state index contributed by atoms with van der Waals surface area (Å²) in [5.74, 6) is -0.0162. The molecule has 0 saturated carbocycles. The van der Waals surface area contributed by atoms with E-state index >= 15 is 0 Å². The van der Waals surface area contributed by atoms with Crippen molar-refractivity contribution in [3.63, 3.8) is 0 Å². The molecular weight excluding hydrogens is 426 g/mol. The molecule has 4 heterocycles. The summed E-state index contributed by atoms with van der Waals surface area (Å²) in [5.41, 5.74) is 2.43. The number of hydrogen-bond donors (Lipinski definition) is 0. The number of piperidine rings is 1. The van der Waals surface area contributed by atoms with Gasteiger partial charge in [-0.25, -0.2) is 9.37 Å². The third-order valence-corrected chi connectivity index (χ3v) is 6.89. The Kier molecular flexibility index (Phi) is 5.17. The third-order valence-electron chi connectivity index (χ3n) is 6.32. The number of nitrogens with zero attached hydrogens (tertiary/aromatic N) is 4. The molecule has 8 heteroatoms. The fourth-order valence-electron chi connectivity index (χ4n) is 4.66. The van der Waals surface area contributed by atoms with Crippen LogP contribution in [0.15, 0.2) is 42.7 Å². The Hall–Kier alpha value is -2.15. The van der Waals surface area contributed by atoms with Crippen LogP contribution in [0.5, 0.6) is 0 Å². The molecule has 0 unspecified atom stereocenters. The predicted molar refractivity (Wildman–Crippen MR) is 115 cm³/mol. The Balaban J connectivity index is 1.27. The second-order valence-electron chi connectivity index (χ2n) is 8.07. The summed E-state index contributed by atoms with van der Waals surface area (Å²) in [6.45, 7) is 3.13. The molecule has 2 aromatic heterocycles. The topological polar surface area (TPSA) is 40.9 Å². The number of imidazole rings is 1. The monoisotopic (exact) mass is 446 g/mol. The highest BCUT2D eigenvalue weighted by Crippen LogP contribution is 2.33. The van der Waals surface area contributed by atoms with Crippen molar-refractivity contribution in [3.05, 3.63) is 69.8 Å². The van der Waals surface area contributed by atoms with Gasteiger partial charge < -0.3 is 4.90 Å². The highest BCUT2D eigenvalue weighted by molar-refractivity contribution is 6.30. The number of hydrogen-bond acceptors (Lipinski definition) is 3. The van der Waals surface area contributed by atoms with Crippen molar-refractivity contribution in [2.75, 3.05) is 26.2 Å². The number of pyridine rings is 1. The first-order valence-electron chi connectivity index (χ1n) is 10.1. The van der Waals surface area contributed by atoms with Crippen molar-refractivity contribution in [2.24, 2.45) is 0 Å². The van der Waals surface area contributed by atoms with Crippen LogP contribution in [0, 0.1) is 5.82 Å². The number of fused-ring (bicyclic) bond motifs is 2. The smallest absolute Gasteiger partial charge is 0.255 e. The van der Waals surface area contributed by atoms with Crippen LogP contribution >= 0.6 is 23.2 Å². The van der Waals surface area contributed by atoms with Gasteiger partial charge in [0.2, 0.25) is 0 Å². The van der Waals surface area contributed by atoms with Crippen molar-refractivity contribution in [1.29, 1.82) is 0 Å². The standard InChI is InChI=1S/C22H21Cl2FN4O/c23-18-9-14(2-5-19(18)25)15-1-4-17-13-28(8-7-27(17)11-15)22(30)16-3-6-21-26-10-20(24)29(21)12-16/h2-3,5-6,9-10,12,15,17H,1,4,7-8,11,13H2/t15-,17+/m0/s1. The number of carbonyl (C=O) groups excluding carboxylic acids is 1. The highest BCUT2D eigenvalue weighted by atomic mass is 35.5. The minimum Gasteiger partial charge on any atom is -0.336 e. The van der Waals surface area contributed by atoms with Crippen molar-refractivity contribution in [2.45, 2.75) is 24.8 Å². The number of benzene rings is 1. The van der Waals surface area contributed by atoms with Crippen LogP contribution < -0.4 is 0 Å². The maximum absolute atomic E-state index is 13.5. The summed E-state index contributed by atoms with van der Waals surface area (Å²) in [7, 11) is 0. The van der Waals surface area contributed by atoms with Crippen molar-refractivity contribution >= 4 is 34.8 Å². The molecule has 0 spiro atoms. The molecule has 2 saturated heterocycles. The van der Waals surface area contributed by atoms with Crippen LogP contribution in [0.1, 0.15) is 34.7 Å². The molecule has 0 N–H and O–H groups in total. The fourth-order valence-corrected chi connectivity index (χ4v) is 5.03. The molecule has 30 heavy (non-hydrogen) atoms. The predicted octanol–water partition coefficient (Wildman–Crippen LogP) is 4.48. The lowest BCUT2D eigenvalue weighted by Gasteiger charge is -2.46. The zero-order valence-corrected chi connectivity index (χ0v) is 17.8. The van der Waals surface area contributed by atoms with Crippen LogP contribution in [0.25, 0.3) is 5.65 Å². The lowest BCUT2D eigenvalue weighted by molar-refractivity contribution is 0.0329. The van der Waals surface area contributed by atoms with E-state index in [1.807, 2.05) is 23.1 Å². The Labute approximate surface area is 184 Å². The van der Waals surface area contributed by atoms with E-state index in [-0.39, 0.29) is 16.7 Å². The Morgan fingerprint density at radius 3 is 2.80 bits per heavy atom. The van der Waals surface area contributed by atoms with E-state index in [0.29, 0.717) is 35.8 Å². The molecule has 2 fully saturated rings.